The highest BCUT2D eigenvalue weighted by molar-refractivity contribution is 5.85. The number of nitrogens with two attached hydrogens (primary N) is 1. The Hall–Kier alpha value is -0.810. The van der Waals surface area contributed by atoms with Gasteiger partial charge in [0.15, 0.2) is 0 Å². The molecule has 1 rings (SSSR count). The van der Waals surface area contributed by atoms with Crippen molar-refractivity contribution in [2.45, 2.75) is 12.2 Å². The Bertz CT molecular complexity index is 296. The van der Waals surface area contributed by atoms with Gasteiger partial charge in [-0.3, -0.25) is 0 Å². The molecule has 0 amide bonds. The second-order valence-corrected chi connectivity index (χ2v) is 2.88. The third-order valence-electron chi connectivity index (χ3n) is 1.83. The fourth-order valence-electron chi connectivity index (χ4n) is 1.01. The number of rotatable bonds is 2. The minimum atomic E-state index is -4.36. The second kappa shape index (κ2) is 5.32. The summed E-state index contributed by atoms with van der Waals surface area (Å²) in [6.45, 7) is -0.786. The van der Waals surface area contributed by atoms with Crippen LogP contribution in [0.1, 0.15) is 17.2 Å². The molecule has 0 aliphatic heterocycles. The van der Waals surface area contributed by atoms with Gasteiger partial charge in [-0.25, -0.2) is 4.39 Å². The molecule has 0 aromatic heterocycles. The summed E-state index contributed by atoms with van der Waals surface area (Å²) < 4.78 is 48.4. The lowest BCUT2D eigenvalue weighted by atomic mass is 10.1. The maximum Gasteiger partial charge on any atom is 0.416 e. The number of benzene rings is 1. The summed E-state index contributed by atoms with van der Waals surface area (Å²) in [4.78, 5) is 0. The van der Waals surface area contributed by atoms with Crippen LogP contribution in [0.4, 0.5) is 17.6 Å². The minimum Gasteiger partial charge on any atom is -0.322 e. The predicted octanol–water partition coefficient (Wildman–Crippen LogP) is 3.10. The van der Waals surface area contributed by atoms with Crippen LogP contribution in [0.15, 0.2) is 24.3 Å². The maximum atomic E-state index is 12.1. The van der Waals surface area contributed by atoms with Crippen molar-refractivity contribution in [2.75, 3.05) is 6.67 Å². The summed E-state index contributed by atoms with van der Waals surface area (Å²) in [5.74, 6) is 0. The van der Waals surface area contributed by atoms with Gasteiger partial charge in [-0.1, -0.05) is 12.1 Å². The van der Waals surface area contributed by atoms with Crippen LogP contribution in [0.5, 0.6) is 0 Å². The smallest absolute Gasteiger partial charge is 0.322 e. The third-order valence-corrected chi connectivity index (χ3v) is 1.83. The third kappa shape index (κ3) is 3.68. The Labute approximate surface area is 90.7 Å². The quantitative estimate of drug-likeness (QED) is 0.794. The van der Waals surface area contributed by atoms with E-state index in [0.717, 1.165) is 12.1 Å². The van der Waals surface area contributed by atoms with Crippen LogP contribution >= 0.6 is 12.4 Å². The van der Waals surface area contributed by atoms with Gasteiger partial charge >= 0.3 is 6.18 Å². The monoisotopic (exact) mass is 243 g/mol. The van der Waals surface area contributed by atoms with E-state index in [-0.39, 0.29) is 12.4 Å². The molecule has 0 heterocycles. The van der Waals surface area contributed by atoms with E-state index in [1.807, 2.05) is 0 Å². The van der Waals surface area contributed by atoms with Crippen LogP contribution in [-0.2, 0) is 6.18 Å². The molecule has 15 heavy (non-hydrogen) atoms. The molecule has 0 bridgehead atoms. The Morgan fingerprint density at radius 2 is 1.60 bits per heavy atom. The van der Waals surface area contributed by atoms with Crippen LogP contribution in [0.25, 0.3) is 0 Å². The zero-order valence-corrected chi connectivity index (χ0v) is 8.41. The van der Waals surface area contributed by atoms with E-state index >= 15 is 0 Å². The van der Waals surface area contributed by atoms with Gasteiger partial charge in [0.25, 0.3) is 0 Å². The molecule has 2 N–H and O–H groups in total. The standard InChI is InChI=1S/C9H9F4N.ClH/c10-5-8(14)6-1-3-7(4-2-6)9(11,12)13;/h1-4,8H,5,14H2;1H. The molecule has 1 atom stereocenters. The Morgan fingerprint density at radius 3 is 1.93 bits per heavy atom. The van der Waals surface area contributed by atoms with Crippen molar-refractivity contribution < 1.29 is 17.6 Å². The van der Waals surface area contributed by atoms with E-state index in [1.165, 1.54) is 12.1 Å². The van der Waals surface area contributed by atoms with Crippen molar-refractivity contribution in [3.8, 4) is 0 Å². The molecule has 0 fully saturated rings. The average molecular weight is 244 g/mol. The van der Waals surface area contributed by atoms with Crippen molar-refractivity contribution in [3.63, 3.8) is 0 Å². The summed E-state index contributed by atoms with van der Waals surface area (Å²) in [6, 6.07) is 3.31. The van der Waals surface area contributed by atoms with Gasteiger partial charge in [-0.2, -0.15) is 13.2 Å². The summed E-state index contributed by atoms with van der Waals surface area (Å²) in [6.07, 6.45) is -4.36. The Balaban J connectivity index is 0.00000196. The largest absolute Gasteiger partial charge is 0.416 e. The molecular formula is C9H10ClF4N. The first-order valence-electron chi connectivity index (χ1n) is 3.94. The number of halogens is 5. The molecule has 0 spiro atoms. The normalized spacial score (nSPS) is 13.1. The zero-order chi connectivity index (χ0) is 10.8. The van der Waals surface area contributed by atoms with Crippen LogP contribution in [0.2, 0.25) is 0 Å². The maximum absolute atomic E-state index is 12.1. The van der Waals surface area contributed by atoms with Gasteiger partial charge in [0.05, 0.1) is 11.6 Å². The molecule has 0 radical (unpaired) electrons. The van der Waals surface area contributed by atoms with Gasteiger partial charge < -0.3 is 5.73 Å². The highest BCUT2D eigenvalue weighted by Gasteiger charge is 2.30. The fourth-order valence-corrected chi connectivity index (χ4v) is 1.01. The van der Waals surface area contributed by atoms with Gasteiger partial charge in [-0.05, 0) is 17.7 Å². The molecule has 0 saturated carbocycles. The molecule has 0 saturated heterocycles. The summed E-state index contributed by atoms with van der Waals surface area (Å²) in [7, 11) is 0. The van der Waals surface area contributed by atoms with E-state index < -0.39 is 24.5 Å². The highest BCUT2D eigenvalue weighted by Crippen LogP contribution is 2.29. The molecular weight excluding hydrogens is 234 g/mol. The molecule has 1 unspecified atom stereocenters. The van der Waals surface area contributed by atoms with Gasteiger partial charge in [0.1, 0.15) is 6.67 Å². The molecule has 1 aromatic carbocycles. The van der Waals surface area contributed by atoms with Crippen molar-refractivity contribution in [2.24, 2.45) is 5.73 Å². The average Bonchev–Trinajstić information content (AvgIpc) is 2.15. The Morgan fingerprint density at radius 1 is 1.13 bits per heavy atom. The SMILES string of the molecule is Cl.NC(CF)c1ccc(C(F)(F)F)cc1. The molecule has 1 aromatic rings. The van der Waals surface area contributed by atoms with Gasteiger partial charge in [0, 0.05) is 0 Å². The summed E-state index contributed by atoms with van der Waals surface area (Å²) in [5.41, 5.74) is 4.90. The minimum absolute atomic E-state index is 0. The van der Waals surface area contributed by atoms with Crippen molar-refractivity contribution in [3.05, 3.63) is 35.4 Å². The molecule has 6 heteroatoms. The molecule has 86 valence electrons. The second-order valence-electron chi connectivity index (χ2n) is 2.88. The highest BCUT2D eigenvalue weighted by atomic mass is 35.5. The number of hydrogen-bond donors (Lipinski definition) is 1. The number of alkyl halides is 4. The van der Waals surface area contributed by atoms with E-state index in [4.69, 9.17) is 5.73 Å². The lowest BCUT2D eigenvalue weighted by Gasteiger charge is -2.10. The first-order chi connectivity index (χ1) is 6.45. The van der Waals surface area contributed by atoms with Crippen LogP contribution < -0.4 is 5.73 Å². The van der Waals surface area contributed by atoms with Crippen molar-refractivity contribution in [1.29, 1.82) is 0 Å². The van der Waals surface area contributed by atoms with Crippen LogP contribution in [0, 0.1) is 0 Å². The topological polar surface area (TPSA) is 26.0 Å². The van der Waals surface area contributed by atoms with Crippen LogP contribution in [-0.4, -0.2) is 6.67 Å². The number of hydrogen-bond acceptors (Lipinski definition) is 1. The molecule has 0 aliphatic carbocycles. The predicted molar refractivity (Wildman–Crippen MR) is 51.6 cm³/mol. The van der Waals surface area contributed by atoms with E-state index in [2.05, 4.69) is 0 Å². The lowest BCUT2D eigenvalue weighted by Crippen LogP contribution is -2.12. The van der Waals surface area contributed by atoms with Gasteiger partial charge in [0.2, 0.25) is 0 Å². The summed E-state index contributed by atoms with van der Waals surface area (Å²) >= 11 is 0. The first kappa shape index (κ1) is 14.2. The lowest BCUT2D eigenvalue weighted by molar-refractivity contribution is -0.137. The Kier molecular flexibility index (Phi) is 5.03. The van der Waals surface area contributed by atoms with E-state index in [0.29, 0.717) is 5.56 Å². The fraction of sp³-hybridized carbons (Fsp3) is 0.333. The van der Waals surface area contributed by atoms with Crippen molar-refractivity contribution >= 4 is 12.4 Å². The summed E-state index contributed by atoms with van der Waals surface area (Å²) in [5, 5.41) is 0. The molecule has 0 aliphatic rings. The molecule has 1 nitrogen and oxygen atoms in total. The van der Waals surface area contributed by atoms with E-state index in [1.54, 1.807) is 0 Å². The first-order valence-corrected chi connectivity index (χ1v) is 3.94. The van der Waals surface area contributed by atoms with Crippen LogP contribution in [0.3, 0.4) is 0 Å². The van der Waals surface area contributed by atoms with Crippen molar-refractivity contribution in [1.82, 2.24) is 0 Å². The zero-order valence-electron chi connectivity index (χ0n) is 7.59. The van der Waals surface area contributed by atoms with E-state index in [9.17, 15) is 17.6 Å². The van der Waals surface area contributed by atoms with Gasteiger partial charge in [-0.15, -0.1) is 12.4 Å².